The van der Waals surface area contributed by atoms with E-state index in [1.807, 2.05) is 35.9 Å². The summed E-state index contributed by atoms with van der Waals surface area (Å²) in [5.41, 5.74) is 4.52. The molecule has 2 aromatic carbocycles. The molecule has 0 fully saturated rings. The van der Waals surface area contributed by atoms with Gasteiger partial charge in [-0.2, -0.15) is 4.99 Å². The first-order valence-electron chi connectivity index (χ1n) is 7.33. The molecular weight excluding hydrogens is 372 g/mol. The number of aromatic nitrogens is 1. The molecule has 5 heteroatoms. The molecule has 0 saturated heterocycles. The Labute approximate surface area is 147 Å². The van der Waals surface area contributed by atoms with Crippen molar-refractivity contribution < 1.29 is 4.79 Å². The molecule has 0 radical (unpaired) electrons. The van der Waals surface area contributed by atoms with Crippen LogP contribution in [0.15, 0.2) is 45.9 Å². The van der Waals surface area contributed by atoms with Gasteiger partial charge in [-0.25, -0.2) is 0 Å². The highest BCUT2D eigenvalue weighted by Crippen LogP contribution is 2.21. The molecule has 3 nitrogen and oxygen atoms in total. The minimum absolute atomic E-state index is 0.116. The Bertz CT molecular complexity index is 969. The molecule has 3 rings (SSSR count). The normalized spacial score (nSPS) is 12.1. The number of nitrogens with zero attached hydrogens (tertiary/aromatic N) is 2. The minimum Gasteiger partial charge on any atom is -0.319 e. The van der Waals surface area contributed by atoms with E-state index < -0.39 is 0 Å². The molecule has 0 N–H and O–H groups in total. The van der Waals surface area contributed by atoms with Crippen LogP contribution in [0, 0.1) is 13.8 Å². The maximum atomic E-state index is 12.3. The first kappa shape index (κ1) is 16.1. The van der Waals surface area contributed by atoms with Crippen molar-refractivity contribution in [1.29, 1.82) is 0 Å². The summed E-state index contributed by atoms with van der Waals surface area (Å²) in [6, 6.07) is 12.2. The van der Waals surface area contributed by atoms with E-state index in [9.17, 15) is 4.79 Å². The first-order valence-corrected chi connectivity index (χ1v) is 8.94. The van der Waals surface area contributed by atoms with Crippen molar-refractivity contribution in [3.8, 4) is 0 Å². The van der Waals surface area contributed by atoms with Crippen molar-refractivity contribution in [1.82, 2.24) is 4.57 Å². The molecule has 118 valence electrons. The molecule has 0 bridgehead atoms. The topological polar surface area (TPSA) is 34.4 Å². The number of benzene rings is 2. The van der Waals surface area contributed by atoms with Crippen LogP contribution in [0.3, 0.4) is 0 Å². The molecule has 1 amide bonds. The lowest BCUT2D eigenvalue weighted by Crippen LogP contribution is -2.14. The number of aryl methyl sites for hydroxylation is 3. The van der Waals surface area contributed by atoms with Gasteiger partial charge in [-0.1, -0.05) is 45.5 Å². The SMILES string of the molecule is Cc1ccc(CC(=O)N=c2sc3cc(Br)ccc3n2C)cc1C. The number of thiazole rings is 1. The quantitative estimate of drug-likeness (QED) is 0.644. The van der Waals surface area contributed by atoms with Crippen molar-refractivity contribution >= 4 is 43.4 Å². The third-order valence-corrected chi connectivity index (χ3v) is 5.51. The number of carbonyl (C=O) groups excluding carboxylic acids is 1. The minimum atomic E-state index is -0.116. The number of amides is 1. The molecule has 0 aliphatic heterocycles. The predicted octanol–water partition coefficient (Wildman–Crippen LogP) is 4.29. The molecular formula is C18H17BrN2OS. The van der Waals surface area contributed by atoms with Gasteiger partial charge >= 0.3 is 0 Å². The predicted molar refractivity (Wildman–Crippen MR) is 98.7 cm³/mol. The fourth-order valence-corrected chi connectivity index (χ4v) is 4.04. The number of fused-ring (bicyclic) bond motifs is 1. The molecule has 23 heavy (non-hydrogen) atoms. The van der Waals surface area contributed by atoms with E-state index in [4.69, 9.17) is 0 Å². The lowest BCUT2D eigenvalue weighted by Gasteiger charge is -2.02. The molecule has 3 aromatic rings. The van der Waals surface area contributed by atoms with Gasteiger partial charge in [0.1, 0.15) is 0 Å². The largest absolute Gasteiger partial charge is 0.319 e. The molecule has 0 aliphatic carbocycles. The third-order valence-electron chi connectivity index (χ3n) is 3.92. The number of rotatable bonds is 2. The smallest absolute Gasteiger partial charge is 0.252 e. The molecule has 0 aliphatic rings. The highest BCUT2D eigenvalue weighted by Gasteiger charge is 2.07. The van der Waals surface area contributed by atoms with E-state index in [0.29, 0.717) is 6.42 Å². The van der Waals surface area contributed by atoms with Crippen LogP contribution in [-0.2, 0) is 18.3 Å². The Morgan fingerprint density at radius 3 is 2.70 bits per heavy atom. The summed E-state index contributed by atoms with van der Waals surface area (Å²) in [4.78, 5) is 17.3. The van der Waals surface area contributed by atoms with Gasteiger partial charge in [0.05, 0.1) is 16.6 Å². The second-order valence-electron chi connectivity index (χ2n) is 5.66. The average molecular weight is 389 g/mol. The van der Waals surface area contributed by atoms with Crippen LogP contribution in [0.5, 0.6) is 0 Å². The van der Waals surface area contributed by atoms with Crippen LogP contribution in [-0.4, -0.2) is 10.5 Å². The van der Waals surface area contributed by atoms with Gasteiger partial charge in [-0.3, -0.25) is 4.79 Å². The summed E-state index contributed by atoms with van der Waals surface area (Å²) in [5.74, 6) is -0.116. The van der Waals surface area contributed by atoms with Crippen LogP contribution in [0.4, 0.5) is 0 Å². The molecule has 1 heterocycles. The average Bonchev–Trinajstić information content (AvgIpc) is 2.78. The van der Waals surface area contributed by atoms with E-state index in [0.717, 1.165) is 25.1 Å². The van der Waals surface area contributed by atoms with Gasteiger partial charge < -0.3 is 4.57 Å². The monoisotopic (exact) mass is 388 g/mol. The number of carbonyl (C=O) groups is 1. The van der Waals surface area contributed by atoms with Crippen molar-refractivity contribution in [2.24, 2.45) is 12.0 Å². The summed E-state index contributed by atoms with van der Waals surface area (Å²) in [6.07, 6.45) is 0.332. The molecule has 0 spiro atoms. The number of halogens is 1. The fourth-order valence-electron chi connectivity index (χ4n) is 2.45. The van der Waals surface area contributed by atoms with Crippen molar-refractivity contribution in [2.45, 2.75) is 20.3 Å². The number of hydrogen-bond acceptors (Lipinski definition) is 2. The first-order chi connectivity index (χ1) is 10.9. The van der Waals surface area contributed by atoms with E-state index in [-0.39, 0.29) is 5.91 Å². The van der Waals surface area contributed by atoms with Crippen LogP contribution in [0.2, 0.25) is 0 Å². The van der Waals surface area contributed by atoms with Crippen LogP contribution in [0.25, 0.3) is 10.2 Å². The second-order valence-corrected chi connectivity index (χ2v) is 7.58. The Hall–Kier alpha value is -1.72. The van der Waals surface area contributed by atoms with Gasteiger partial charge in [0.25, 0.3) is 5.91 Å². The van der Waals surface area contributed by atoms with Crippen LogP contribution < -0.4 is 4.80 Å². The van der Waals surface area contributed by atoms with E-state index in [2.05, 4.69) is 46.9 Å². The Kier molecular flexibility index (Phi) is 4.50. The molecule has 0 unspecified atom stereocenters. The summed E-state index contributed by atoms with van der Waals surface area (Å²) in [7, 11) is 1.94. The Balaban J connectivity index is 1.93. The fraction of sp³-hybridized carbons (Fsp3) is 0.222. The van der Waals surface area contributed by atoms with Gasteiger partial charge in [-0.05, 0) is 48.7 Å². The maximum absolute atomic E-state index is 12.3. The summed E-state index contributed by atoms with van der Waals surface area (Å²) >= 11 is 5.00. The lowest BCUT2D eigenvalue weighted by atomic mass is 10.0. The second kappa shape index (κ2) is 6.42. The van der Waals surface area contributed by atoms with Gasteiger partial charge in [0.15, 0.2) is 4.80 Å². The standard InChI is InChI=1S/C18H17BrN2OS/c1-11-4-5-13(8-12(11)2)9-17(22)20-18-21(3)15-7-6-14(19)10-16(15)23-18/h4-8,10H,9H2,1-3H3. The maximum Gasteiger partial charge on any atom is 0.252 e. The van der Waals surface area contributed by atoms with Gasteiger partial charge in [0, 0.05) is 11.5 Å². The molecule has 0 atom stereocenters. The Morgan fingerprint density at radius 2 is 1.96 bits per heavy atom. The lowest BCUT2D eigenvalue weighted by molar-refractivity contribution is -0.117. The highest BCUT2D eigenvalue weighted by atomic mass is 79.9. The molecule has 0 saturated carbocycles. The van der Waals surface area contributed by atoms with E-state index >= 15 is 0 Å². The Morgan fingerprint density at radius 1 is 1.17 bits per heavy atom. The summed E-state index contributed by atoms with van der Waals surface area (Å²) in [6.45, 7) is 4.13. The van der Waals surface area contributed by atoms with Gasteiger partial charge in [-0.15, -0.1) is 0 Å². The summed E-state index contributed by atoms with van der Waals surface area (Å²) in [5, 5.41) is 0. The van der Waals surface area contributed by atoms with Crippen molar-refractivity contribution in [3.05, 3.63) is 62.4 Å². The zero-order chi connectivity index (χ0) is 16.6. The van der Waals surface area contributed by atoms with E-state index in [1.54, 1.807) is 0 Å². The van der Waals surface area contributed by atoms with Crippen molar-refractivity contribution in [2.75, 3.05) is 0 Å². The number of hydrogen-bond donors (Lipinski definition) is 0. The third kappa shape index (κ3) is 3.46. The molecule has 1 aromatic heterocycles. The highest BCUT2D eigenvalue weighted by molar-refractivity contribution is 9.10. The zero-order valence-corrected chi connectivity index (χ0v) is 15.7. The van der Waals surface area contributed by atoms with E-state index in [1.165, 1.54) is 22.5 Å². The zero-order valence-electron chi connectivity index (χ0n) is 13.3. The van der Waals surface area contributed by atoms with Crippen molar-refractivity contribution in [3.63, 3.8) is 0 Å². The van der Waals surface area contributed by atoms with Gasteiger partial charge in [0.2, 0.25) is 0 Å². The summed E-state index contributed by atoms with van der Waals surface area (Å²) < 4.78 is 4.10. The van der Waals surface area contributed by atoms with Crippen LogP contribution in [0.1, 0.15) is 16.7 Å². The van der Waals surface area contributed by atoms with Crippen LogP contribution >= 0.6 is 27.3 Å².